The molecule has 1 unspecified atom stereocenters. The van der Waals surface area contributed by atoms with Crippen LogP contribution in [0.4, 0.5) is 8.78 Å². The summed E-state index contributed by atoms with van der Waals surface area (Å²) in [7, 11) is -8.83. The molecular weight excluding hydrogens is 746 g/mol. The maximum atomic E-state index is 14.1. The third kappa shape index (κ3) is 7.38. The maximum Gasteiger partial charge on any atom is 0.399 e. The highest BCUT2D eigenvalue weighted by Gasteiger charge is 2.51. The first-order chi connectivity index (χ1) is 22.6. The monoisotopic (exact) mass is 777 g/mol. The molecule has 0 spiro atoms. The number of thioether (sulfide) groups is 1. The molecule has 5 rings (SSSR count). The van der Waals surface area contributed by atoms with Gasteiger partial charge in [0.1, 0.15) is 5.60 Å². The van der Waals surface area contributed by atoms with E-state index in [1.165, 1.54) is 30.0 Å². The van der Waals surface area contributed by atoms with Crippen molar-refractivity contribution in [2.75, 3.05) is 7.11 Å². The molecule has 1 atom stereocenters. The summed E-state index contributed by atoms with van der Waals surface area (Å²) in [5.41, 5.74) is -1.35. The molecule has 0 aliphatic rings. The van der Waals surface area contributed by atoms with Crippen LogP contribution in [0.3, 0.4) is 0 Å². The minimum Gasteiger partial charge on any atom is -0.367 e. The van der Waals surface area contributed by atoms with E-state index in [-0.39, 0.29) is 15.3 Å². The second kappa shape index (κ2) is 14.2. The lowest BCUT2D eigenvalue weighted by Crippen LogP contribution is -2.30. The van der Waals surface area contributed by atoms with Crippen molar-refractivity contribution in [1.29, 1.82) is 0 Å². The van der Waals surface area contributed by atoms with Crippen LogP contribution >= 0.6 is 42.9 Å². The number of hydrogen-bond acceptors (Lipinski definition) is 5. The summed E-state index contributed by atoms with van der Waals surface area (Å²) < 4.78 is 58.2. The van der Waals surface area contributed by atoms with Crippen LogP contribution in [0.1, 0.15) is 41.3 Å². The summed E-state index contributed by atoms with van der Waals surface area (Å²) in [6, 6.07) is 27.9. The van der Waals surface area contributed by atoms with Crippen molar-refractivity contribution in [3.8, 4) is 11.1 Å². The zero-order valence-corrected chi connectivity index (χ0v) is 29.9. The Hall–Kier alpha value is -2.76. The van der Waals surface area contributed by atoms with Crippen molar-refractivity contribution in [2.24, 2.45) is 0 Å². The van der Waals surface area contributed by atoms with Gasteiger partial charge in [0.2, 0.25) is 0 Å². The van der Waals surface area contributed by atoms with Crippen LogP contribution in [0.2, 0.25) is 0 Å². The van der Waals surface area contributed by atoms with Gasteiger partial charge < -0.3 is 24.3 Å². The number of alkyl halides is 2. The molecule has 0 amide bonds. The summed E-state index contributed by atoms with van der Waals surface area (Å²) in [5, 5.41) is 0.389. The van der Waals surface area contributed by atoms with Gasteiger partial charge in [0, 0.05) is 34.0 Å². The third-order valence-electron chi connectivity index (χ3n) is 8.13. The Morgan fingerprint density at radius 3 is 2.06 bits per heavy atom. The summed E-state index contributed by atoms with van der Waals surface area (Å²) in [4.78, 5) is 43.6. The first-order valence-corrected chi connectivity index (χ1v) is 19.8. The number of hydrogen-bond donors (Lipinski definition) is 4. The van der Waals surface area contributed by atoms with E-state index in [0.717, 1.165) is 22.8 Å². The van der Waals surface area contributed by atoms with E-state index in [0.29, 0.717) is 40.1 Å². The van der Waals surface area contributed by atoms with E-state index < -0.39 is 32.0 Å². The number of pyridine rings is 1. The predicted molar refractivity (Wildman–Crippen MR) is 188 cm³/mol. The average Bonchev–Trinajstić information content (AvgIpc) is 3.05. The van der Waals surface area contributed by atoms with Crippen LogP contribution in [-0.2, 0) is 36.6 Å². The first-order valence-electron chi connectivity index (χ1n) is 14.6. The molecule has 0 aliphatic carbocycles. The maximum absolute atomic E-state index is 14.1. The van der Waals surface area contributed by atoms with Gasteiger partial charge in [-0.2, -0.15) is 20.5 Å². The van der Waals surface area contributed by atoms with Crippen LogP contribution in [-0.4, -0.2) is 31.7 Å². The minimum absolute atomic E-state index is 0.0886. The Morgan fingerprint density at radius 2 is 1.48 bits per heavy atom. The third-order valence-corrected chi connectivity index (χ3v) is 11.8. The minimum atomic E-state index is -5.68. The van der Waals surface area contributed by atoms with Gasteiger partial charge in [0.15, 0.2) is 0 Å². The Balaban J connectivity index is 1.37. The largest absolute Gasteiger partial charge is 0.399 e. The van der Waals surface area contributed by atoms with E-state index >= 15 is 0 Å². The first kappa shape index (κ1) is 36.5. The lowest BCUT2D eigenvalue weighted by Gasteiger charge is -2.32. The van der Waals surface area contributed by atoms with Gasteiger partial charge in [-0.3, -0.25) is 9.13 Å². The summed E-state index contributed by atoms with van der Waals surface area (Å²) >= 11 is 4.53. The Bertz CT molecular complexity index is 2040. The number of methoxy groups -OCH3 is 1. The van der Waals surface area contributed by atoms with Gasteiger partial charge in [-0.1, -0.05) is 95.7 Å². The van der Waals surface area contributed by atoms with E-state index in [1.807, 2.05) is 73.7 Å². The Morgan fingerprint density at radius 1 is 0.833 bits per heavy atom. The van der Waals surface area contributed by atoms with Crippen molar-refractivity contribution in [2.45, 2.75) is 36.1 Å². The fourth-order valence-electron chi connectivity index (χ4n) is 5.57. The van der Waals surface area contributed by atoms with Crippen molar-refractivity contribution in [1.82, 2.24) is 4.98 Å². The van der Waals surface area contributed by atoms with E-state index in [9.17, 15) is 27.7 Å². The molecule has 252 valence electrons. The topological polar surface area (TPSA) is 137 Å². The van der Waals surface area contributed by atoms with Crippen LogP contribution in [0.15, 0.2) is 102 Å². The molecule has 0 fully saturated rings. The molecule has 0 saturated carbocycles. The fraction of sp³-hybridized carbons (Fsp3) is 0.206. The zero-order chi connectivity index (χ0) is 34.9. The lowest BCUT2D eigenvalue weighted by atomic mass is 9.86. The van der Waals surface area contributed by atoms with Gasteiger partial charge in [-0.25, -0.2) is 4.98 Å². The van der Waals surface area contributed by atoms with E-state index in [2.05, 4.69) is 15.9 Å². The number of halogens is 3. The molecule has 8 nitrogen and oxygen atoms in total. The molecule has 5 aromatic rings. The molecule has 0 radical (unpaired) electrons. The van der Waals surface area contributed by atoms with Gasteiger partial charge >= 0.3 is 20.9 Å². The second-order valence-electron chi connectivity index (χ2n) is 11.1. The van der Waals surface area contributed by atoms with Gasteiger partial charge in [0.05, 0.1) is 16.5 Å². The highest BCUT2D eigenvalue weighted by Crippen LogP contribution is 2.60. The molecule has 1 aromatic heterocycles. The predicted octanol–water partition coefficient (Wildman–Crippen LogP) is 8.43. The number of rotatable bonds is 12. The molecule has 4 N–H and O–H groups in total. The highest BCUT2D eigenvalue weighted by molar-refractivity contribution is 9.10. The van der Waals surface area contributed by atoms with Crippen molar-refractivity contribution in [3.63, 3.8) is 0 Å². The van der Waals surface area contributed by atoms with Gasteiger partial charge in [0.25, 0.3) is 0 Å². The van der Waals surface area contributed by atoms with Crippen molar-refractivity contribution in [3.05, 3.63) is 129 Å². The van der Waals surface area contributed by atoms with Crippen molar-refractivity contribution >= 4 is 59.1 Å². The van der Waals surface area contributed by atoms with Crippen LogP contribution in [0.5, 0.6) is 0 Å². The molecular formula is C34H32BrF2NO7P2S. The summed E-state index contributed by atoms with van der Waals surface area (Å²) in [6.45, 7) is 1.97. The standard InChI is InChI=1S/C34H32BrF2NO7P2S/c1-3-33(45-2,27-7-5-4-6-8-27)31-16-14-25-18-26(19-30(32(25)38-31)46(39,40)41)24-12-9-22(10-13-24)20-48-21-23-11-15-28(29(35)17-23)34(36,37)47(42,43)44/h4-19H,3,20-21H2,1-2H3,(H2,39,40,41)(H2,42,43,44). The zero-order valence-electron chi connectivity index (χ0n) is 25.8. The Labute approximate surface area is 289 Å². The van der Waals surface area contributed by atoms with Crippen LogP contribution in [0.25, 0.3) is 22.0 Å². The van der Waals surface area contributed by atoms with E-state index in [4.69, 9.17) is 19.5 Å². The molecule has 0 bridgehead atoms. The SMILES string of the molecule is CCC(OC)(c1ccccc1)c1ccc2cc(-c3ccc(CSCc4ccc(C(F)(F)P(=O)(O)O)c(Br)c4)cc3)cc(P(=O)(O)O)c2n1. The number of ether oxygens (including phenoxy) is 1. The number of aromatic nitrogens is 1. The summed E-state index contributed by atoms with van der Waals surface area (Å²) in [6.07, 6.45) is 0.544. The fourth-order valence-corrected chi connectivity index (χ4v) is 8.61. The second-order valence-corrected chi connectivity index (χ2v) is 16.2. The smallest absolute Gasteiger partial charge is 0.367 e. The van der Waals surface area contributed by atoms with Gasteiger partial charge in [-0.15, -0.1) is 0 Å². The quantitative estimate of drug-likeness (QED) is 0.0921. The average molecular weight is 779 g/mol. The highest BCUT2D eigenvalue weighted by atomic mass is 79.9. The van der Waals surface area contributed by atoms with Crippen molar-refractivity contribution < 1.29 is 42.2 Å². The van der Waals surface area contributed by atoms with E-state index in [1.54, 1.807) is 13.2 Å². The Kier molecular flexibility index (Phi) is 10.8. The van der Waals surface area contributed by atoms with Crippen LogP contribution < -0.4 is 5.30 Å². The molecule has 0 aliphatic heterocycles. The normalized spacial score (nSPS) is 13.9. The van der Waals surface area contributed by atoms with Gasteiger partial charge in [-0.05, 0) is 58.5 Å². The summed E-state index contributed by atoms with van der Waals surface area (Å²) in [5.74, 6) is 1.04. The molecule has 14 heteroatoms. The molecule has 0 saturated heterocycles. The molecule has 48 heavy (non-hydrogen) atoms. The lowest BCUT2D eigenvalue weighted by molar-refractivity contribution is 0.0152. The number of nitrogens with zero attached hydrogens (tertiary/aromatic N) is 1. The molecule has 1 heterocycles. The van der Waals surface area contributed by atoms with Crippen LogP contribution in [0, 0.1) is 0 Å². The number of fused-ring (bicyclic) bond motifs is 1. The molecule has 4 aromatic carbocycles. The number of benzene rings is 4.